The van der Waals surface area contributed by atoms with Crippen LogP contribution in [0, 0.1) is 0 Å². The maximum absolute atomic E-state index is 11.4. The number of aromatic carboxylic acids is 1. The van der Waals surface area contributed by atoms with Crippen LogP contribution < -0.4 is 10.5 Å². The lowest BCUT2D eigenvalue weighted by molar-refractivity contribution is 0.0695. The molecule has 0 aliphatic rings. The second kappa shape index (κ2) is 6.23. The predicted octanol–water partition coefficient (Wildman–Crippen LogP) is 4.43. The monoisotopic (exact) mass is 305 g/mol. The molecule has 114 valence electrons. The lowest BCUT2D eigenvalue weighted by Crippen LogP contribution is -2.05. The van der Waals surface area contributed by atoms with Crippen LogP contribution in [0.1, 0.15) is 10.4 Å². The lowest BCUT2D eigenvalue weighted by Gasteiger charge is -2.14. The highest BCUT2D eigenvalue weighted by Crippen LogP contribution is 2.35. The van der Waals surface area contributed by atoms with Gasteiger partial charge < -0.3 is 15.6 Å². The number of carboxylic acids is 1. The molecule has 0 aliphatic carbocycles. The van der Waals surface area contributed by atoms with Gasteiger partial charge in [-0.3, -0.25) is 0 Å². The average molecular weight is 305 g/mol. The zero-order chi connectivity index (χ0) is 16.2. The van der Waals surface area contributed by atoms with Crippen molar-refractivity contribution in [1.29, 1.82) is 0 Å². The zero-order valence-electron chi connectivity index (χ0n) is 12.3. The van der Waals surface area contributed by atoms with Crippen LogP contribution in [0.25, 0.3) is 11.1 Å². The number of nitrogen functional groups attached to an aromatic ring is 1. The van der Waals surface area contributed by atoms with E-state index in [0.29, 0.717) is 5.75 Å². The minimum Gasteiger partial charge on any atom is -0.477 e. The van der Waals surface area contributed by atoms with E-state index in [2.05, 4.69) is 0 Å². The Morgan fingerprint density at radius 3 is 2.22 bits per heavy atom. The SMILES string of the molecule is Nc1cccc(Oc2ccccc2-c2ccccc2)c1C(=O)O. The van der Waals surface area contributed by atoms with E-state index in [1.807, 2.05) is 48.5 Å². The second-order valence-corrected chi connectivity index (χ2v) is 4.99. The number of carboxylic acid groups (broad SMARTS) is 1. The molecule has 0 atom stereocenters. The summed E-state index contributed by atoms with van der Waals surface area (Å²) in [7, 11) is 0. The van der Waals surface area contributed by atoms with Crippen molar-refractivity contribution in [3.05, 3.63) is 78.4 Å². The van der Waals surface area contributed by atoms with E-state index >= 15 is 0 Å². The molecule has 3 rings (SSSR count). The van der Waals surface area contributed by atoms with Gasteiger partial charge in [0.2, 0.25) is 0 Å². The van der Waals surface area contributed by atoms with Crippen LogP contribution in [0.2, 0.25) is 0 Å². The number of anilines is 1. The molecule has 0 aromatic heterocycles. The predicted molar refractivity (Wildman–Crippen MR) is 89.8 cm³/mol. The molecule has 3 aromatic rings. The Labute approximate surface area is 133 Å². The van der Waals surface area contributed by atoms with Crippen molar-refractivity contribution in [2.75, 3.05) is 5.73 Å². The molecule has 0 fully saturated rings. The van der Waals surface area contributed by atoms with Crippen LogP contribution in [0.15, 0.2) is 72.8 Å². The van der Waals surface area contributed by atoms with E-state index in [1.165, 1.54) is 0 Å². The molecular weight excluding hydrogens is 290 g/mol. The Morgan fingerprint density at radius 2 is 1.48 bits per heavy atom. The maximum atomic E-state index is 11.4. The maximum Gasteiger partial charge on any atom is 0.341 e. The number of para-hydroxylation sites is 1. The number of hydrogen-bond acceptors (Lipinski definition) is 3. The Kier molecular flexibility index (Phi) is 3.97. The molecular formula is C19H15NO3. The van der Waals surface area contributed by atoms with Crippen molar-refractivity contribution < 1.29 is 14.6 Å². The van der Waals surface area contributed by atoms with Gasteiger partial charge in [0.1, 0.15) is 17.1 Å². The zero-order valence-corrected chi connectivity index (χ0v) is 12.3. The minimum absolute atomic E-state index is 0.0321. The molecule has 0 amide bonds. The summed E-state index contributed by atoms with van der Waals surface area (Å²) in [5, 5.41) is 9.35. The summed E-state index contributed by atoms with van der Waals surface area (Å²) in [5.74, 6) is -0.317. The number of rotatable bonds is 4. The number of ether oxygens (including phenoxy) is 1. The third kappa shape index (κ3) is 3.01. The Morgan fingerprint density at radius 1 is 0.826 bits per heavy atom. The molecule has 0 unspecified atom stereocenters. The van der Waals surface area contributed by atoms with Gasteiger partial charge in [-0.05, 0) is 23.8 Å². The second-order valence-electron chi connectivity index (χ2n) is 4.99. The number of nitrogens with two attached hydrogens (primary N) is 1. The first-order chi connectivity index (χ1) is 11.2. The highest BCUT2D eigenvalue weighted by molar-refractivity contribution is 5.97. The van der Waals surface area contributed by atoms with Crippen LogP contribution >= 0.6 is 0 Å². The molecule has 3 N–H and O–H groups in total. The fourth-order valence-corrected chi connectivity index (χ4v) is 2.39. The summed E-state index contributed by atoms with van der Waals surface area (Å²) in [6.07, 6.45) is 0. The van der Waals surface area contributed by atoms with Gasteiger partial charge in [0.25, 0.3) is 0 Å². The summed E-state index contributed by atoms with van der Waals surface area (Å²) in [5.41, 5.74) is 7.78. The van der Waals surface area contributed by atoms with Crippen LogP contribution in [-0.4, -0.2) is 11.1 Å². The van der Waals surface area contributed by atoms with Gasteiger partial charge in [-0.2, -0.15) is 0 Å². The van der Waals surface area contributed by atoms with Gasteiger partial charge in [0, 0.05) is 11.3 Å². The van der Waals surface area contributed by atoms with Crippen molar-refractivity contribution in [2.24, 2.45) is 0 Å². The van der Waals surface area contributed by atoms with Crippen LogP contribution in [0.4, 0.5) is 5.69 Å². The fourth-order valence-electron chi connectivity index (χ4n) is 2.39. The first kappa shape index (κ1) is 14.7. The van der Waals surface area contributed by atoms with E-state index in [1.54, 1.807) is 24.3 Å². The smallest absolute Gasteiger partial charge is 0.341 e. The molecule has 0 bridgehead atoms. The highest BCUT2D eigenvalue weighted by Gasteiger charge is 2.16. The van der Waals surface area contributed by atoms with Gasteiger partial charge in [-0.1, -0.05) is 54.6 Å². The topological polar surface area (TPSA) is 72.5 Å². The quantitative estimate of drug-likeness (QED) is 0.700. The van der Waals surface area contributed by atoms with Crippen molar-refractivity contribution in [3.63, 3.8) is 0 Å². The summed E-state index contributed by atoms with van der Waals surface area (Å²) in [6, 6.07) is 22.1. The molecule has 0 heterocycles. The van der Waals surface area contributed by atoms with Crippen molar-refractivity contribution >= 4 is 11.7 Å². The highest BCUT2D eigenvalue weighted by atomic mass is 16.5. The van der Waals surface area contributed by atoms with Crippen molar-refractivity contribution in [2.45, 2.75) is 0 Å². The van der Waals surface area contributed by atoms with Gasteiger partial charge in [-0.15, -0.1) is 0 Å². The van der Waals surface area contributed by atoms with Crippen LogP contribution in [0.5, 0.6) is 11.5 Å². The Hall–Kier alpha value is -3.27. The third-order valence-electron chi connectivity index (χ3n) is 3.46. The summed E-state index contributed by atoms with van der Waals surface area (Å²) >= 11 is 0. The Balaban J connectivity index is 2.06. The first-order valence-electron chi connectivity index (χ1n) is 7.11. The summed E-state index contributed by atoms with van der Waals surface area (Å²) in [4.78, 5) is 11.4. The van der Waals surface area contributed by atoms with E-state index in [0.717, 1.165) is 11.1 Å². The van der Waals surface area contributed by atoms with Crippen molar-refractivity contribution in [3.8, 4) is 22.6 Å². The number of hydrogen-bond donors (Lipinski definition) is 2. The standard InChI is InChI=1S/C19H15NO3/c20-15-10-6-12-17(18(15)19(21)22)23-16-11-5-4-9-14(16)13-7-2-1-3-8-13/h1-12H,20H2,(H,21,22). The lowest BCUT2D eigenvalue weighted by atomic mass is 10.0. The van der Waals surface area contributed by atoms with Gasteiger partial charge in [0.05, 0.1) is 0 Å². The van der Waals surface area contributed by atoms with Gasteiger partial charge >= 0.3 is 5.97 Å². The molecule has 4 nitrogen and oxygen atoms in total. The summed E-state index contributed by atoms with van der Waals surface area (Å²) in [6.45, 7) is 0. The largest absolute Gasteiger partial charge is 0.477 e. The average Bonchev–Trinajstić information content (AvgIpc) is 2.56. The van der Waals surface area contributed by atoms with E-state index < -0.39 is 5.97 Å². The Bertz CT molecular complexity index is 844. The minimum atomic E-state index is -1.12. The van der Waals surface area contributed by atoms with Crippen LogP contribution in [0.3, 0.4) is 0 Å². The molecule has 0 radical (unpaired) electrons. The number of carbonyl (C=O) groups is 1. The molecule has 3 aromatic carbocycles. The van der Waals surface area contributed by atoms with E-state index in [4.69, 9.17) is 10.5 Å². The first-order valence-corrected chi connectivity index (χ1v) is 7.11. The van der Waals surface area contributed by atoms with Gasteiger partial charge in [0.15, 0.2) is 0 Å². The number of benzene rings is 3. The van der Waals surface area contributed by atoms with Crippen LogP contribution in [-0.2, 0) is 0 Å². The molecule has 4 heteroatoms. The van der Waals surface area contributed by atoms with E-state index in [9.17, 15) is 9.90 Å². The molecule has 23 heavy (non-hydrogen) atoms. The molecule has 0 aliphatic heterocycles. The van der Waals surface area contributed by atoms with E-state index in [-0.39, 0.29) is 17.0 Å². The fraction of sp³-hybridized carbons (Fsp3) is 0. The van der Waals surface area contributed by atoms with Crippen molar-refractivity contribution in [1.82, 2.24) is 0 Å². The normalized spacial score (nSPS) is 10.3. The summed E-state index contributed by atoms with van der Waals surface area (Å²) < 4.78 is 5.88. The molecule has 0 spiro atoms. The molecule has 0 saturated carbocycles. The molecule has 0 saturated heterocycles. The third-order valence-corrected chi connectivity index (χ3v) is 3.46. The van der Waals surface area contributed by atoms with Gasteiger partial charge in [-0.25, -0.2) is 4.79 Å².